The van der Waals surface area contributed by atoms with Crippen molar-refractivity contribution < 1.29 is 9.53 Å². The van der Waals surface area contributed by atoms with Crippen LogP contribution in [0, 0.1) is 11.3 Å². The molecule has 1 amide bonds. The minimum Gasteiger partial charge on any atom is -0.377 e. The van der Waals surface area contributed by atoms with Gasteiger partial charge in [0.15, 0.2) is 0 Å². The Morgan fingerprint density at radius 2 is 2.05 bits per heavy atom. The van der Waals surface area contributed by atoms with Gasteiger partial charge in [-0.1, -0.05) is 27.7 Å². The quantitative estimate of drug-likeness (QED) is 0.716. The van der Waals surface area contributed by atoms with Gasteiger partial charge in [0.2, 0.25) is 5.91 Å². The van der Waals surface area contributed by atoms with Crippen LogP contribution in [0.1, 0.15) is 53.4 Å². The SMILES string of the molecule is CC(C)COC1CC(NCCC(=O)NC2CC2)C1(C)C. The largest absolute Gasteiger partial charge is 0.377 e. The maximum Gasteiger partial charge on any atom is 0.221 e. The smallest absolute Gasteiger partial charge is 0.221 e. The molecular formula is C16H30N2O2. The molecule has 4 heteroatoms. The maximum absolute atomic E-state index is 11.6. The third kappa shape index (κ3) is 4.19. The van der Waals surface area contributed by atoms with Crippen molar-refractivity contribution in [1.29, 1.82) is 0 Å². The third-order valence-electron chi connectivity index (χ3n) is 4.49. The van der Waals surface area contributed by atoms with Crippen LogP contribution in [0.3, 0.4) is 0 Å². The lowest BCUT2D eigenvalue weighted by molar-refractivity contribution is -0.126. The fourth-order valence-corrected chi connectivity index (χ4v) is 2.71. The molecule has 2 aliphatic carbocycles. The van der Waals surface area contributed by atoms with Crippen LogP contribution >= 0.6 is 0 Å². The summed E-state index contributed by atoms with van der Waals surface area (Å²) in [7, 11) is 0. The number of rotatable bonds is 8. The summed E-state index contributed by atoms with van der Waals surface area (Å²) in [5.74, 6) is 0.772. The third-order valence-corrected chi connectivity index (χ3v) is 4.49. The van der Waals surface area contributed by atoms with E-state index in [2.05, 4.69) is 38.3 Å². The van der Waals surface area contributed by atoms with Crippen molar-refractivity contribution in [3.8, 4) is 0 Å². The number of hydrogen-bond donors (Lipinski definition) is 2. The summed E-state index contributed by atoms with van der Waals surface area (Å²) in [6.45, 7) is 10.5. The summed E-state index contributed by atoms with van der Waals surface area (Å²) < 4.78 is 5.95. The number of hydrogen-bond acceptors (Lipinski definition) is 3. The Balaban J connectivity index is 1.60. The van der Waals surface area contributed by atoms with E-state index in [4.69, 9.17) is 4.74 Å². The fraction of sp³-hybridized carbons (Fsp3) is 0.938. The number of carbonyl (C=O) groups is 1. The molecule has 2 fully saturated rings. The Labute approximate surface area is 123 Å². The Kier molecular flexibility index (Phi) is 5.08. The number of carbonyl (C=O) groups excluding carboxylic acids is 1. The van der Waals surface area contributed by atoms with E-state index in [1.54, 1.807) is 0 Å². The van der Waals surface area contributed by atoms with E-state index in [-0.39, 0.29) is 11.3 Å². The van der Waals surface area contributed by atoms with Gasteiger partial charge in [0.1, 0.15) is 0 Å². The highest BCUT2D eigenvalue weighted by Gasteiger charge is 2.48. The van der Waals surface area contributed by atoms with Gasteiger partial charge >= 0.3 is 0 Å². The first-order valence-corrected chi connectivity index (χ1v) is 8.04. The normalized spacial score (nSPS) is 28.2. The maximum atomic E-state index is 11.6. The van der Waals surface area contributed by atoms with Gasteiger partial charge in [-0.15, -0.1) is 0 Å². The molecule has 0 bridgehead atoms. The van der Waals surface area contributed by atoms with E-state index in [0.717, 1.165) is 32.4 Å². The summed E-state index contributed by atoms with van der Waals surface area (Å²) in [4.78, 5) is 11.6. The molecule has 2 N–H and O–H groups in total. The highest BCUT2D eigenvalue weighted by molar-refractivity contribution is 5.76. The van der Waals surface area contributed by atoms with Crippen molar-refractivity contribution in [3.63, 3.8) is 0 Å². The molecule has 0 aliphatic heterocycles. The van der Waals surface area contributed by atoms with Gasteiger partial charge in [-0.2, -0.15) is 0 Å². The van der Waals surface area contributed by atoms with Crippen molar-refractivity contribution in [1.82, 2.24) is 10.6 Å². The Morgan fingerprint density at radius 1 is 1.35 bits per heavy atom. The average Bonchev–Trinajstić information content (AvgIpc) is 3.15. The van der Waals surface area contributed by atoms with Gasteiger partial charge in [-0.3, -0.25) is 4.79 Å². The van der Waals surface area contributed by atoms with E-state index >= 15 is 0 Å². The zero-order valence-corrected chi connectivity index (χ0v) is 13.4. The molecule has 2 atom stereocenters. The summed E-state index contributed by atoms with van der Waals surface area (Å²) in [5, 5.41) is 6.53. The lowest BCUT2D eigenvalue weighted by atomic mass is 9.64. The van der Waals surface area contributed by atoms with Crippen LogP contribution in [0.25, 0.3) is 0 Å². The molecular weight excluding hydrogens is 252 g/mol. The average molecular weight is 282 g/mol. The van der Waals surface area contributed by atoms with Crippen LogP contribution in [0.5, 0.6) is 0 Å². The first kappa shape index (κ1) is 15.8. The molecule has 0 radical (unpaired) electrons. The molecule has 0 aromatic carbocycles. The van der Waals surface area contributed by atoms with E-state index in [0.29, 0.717) is 30.5 Å². The van der Waals surface area contributed by atoms with Gasteiger partial charge in [-0.25, -0.2) is 0 Å². The minimum atomic E-state index is 0.169. The minimum absolute atomic E-state index is 0.169. The van der Waals surface area contributed by atoms with Gasteiger partial charge < -0.3 is 15.4 Å². The summed E-state index contributed by atoms with van der Waals surface area (Å²) in [6, 6.07) is 0.935. The van der Waals surface area contributed by atoms with Crippen molar-refractivity contribution in [3.05, 3.63) is 0 Å². The number of ether oxygens (including phenoxy) is 1. The molecule has 0 aromatic heterocycles. The first-order valence-electron chi connectivity index (χ1n) is 8.04. The summed E-state index contributed by atoms with van der Waals surface area (Å²) >= 11 is 0. The first-order chi connectivity index (χ1) is 9.39. The Hall–Kier alpha value is -0.610. The van der Waals surface area contributed by atoms with Crippen LogP contribution in [0.4, 0.5) is 0 Å². The molecule has 0 saturated heterocycles. The Bertz CT molecular complexity index is 337. The predicted molar refractivity (Wildman–Crippen MR) is 80.5 cm³/mol. The molecule has 2 aliphatic rings. The lowest BCUT2D eigenvalue weighted by Gasteiger charge is -2.52. The second-order valence-corrected chi connectivity index (χ2v) is 7.37. The van der Waals surface area contributed by atoms with E-state index < -0.39 is 0 Å². The monoisotopic (exact) mass is 282 g/mol. The molecule has 0 spiro atoms. The highest BCUT2D eigenvalue weighted by Crippen LogP contribution is 2.42. The molecule has 2 rings (SSSR count). The lowest BCUT2D eigenvalue weighted by Crippen LogP contribution is -2.61. The van der Waals surface area contributed by atoms with Crippen LogP contribution in [-0.2, 0) is 9.53 Å². The number of nitrogens with one attached hydrogen (secondary N) is 2. The predicted octanol–water partition coefficient (Wildman–Crippen LogP) is 2.08. The van der Waals surface area contributed by atoms with Gasteiger partial charge in [0.05, 0.1) is 6.10 Å². The van der Waals surface area contributed by atoms with Crippen molar-refractivity contribution >= 4 is 5.91 Å². The molecule has 20 heavy (non-hydrogen) atoms. The molecule has 0 aromatic rings. The molecule has 0 heterocycles. The van der Waals surface area contributed by atoms with Gasteiger partial charge in [0, 0.05) is 37.1 Å². The number of amides is 1. The van der Waals surface area contributed by atoms with Gasteiger partial charge in [-0.05, 0) is 25.2 Å². The molecule has 2 unspecified atom stereocenters. The second kappa shape index (κ2) is 6.44. The standard InChI is InChI=1S/C16H30N2O2/c1-11(2)10-20-14-9-13(16(14,3)4)17-8-7-15(19)18-12-5-6-12/h11-14,17H,5-10H2,1-4H3,(H,18,19). The van der Waals surface area contributed by atoms with Crippen molar-refractivity contribution in [2.75, 3.05) is 13.2 Å². The fourth-order valence-electron chi connectivity index (χ4n) is 2.71. The second-order valence-electron chi connectivity index (χ2n) is 7.37. The van der Waals surface area contributed by atoms with Crippen LogP contribution < -0.4 is 10.6 Å². The molecule has 2 saturated carbocycles. The summed E-state index contributed by atoms with van der Waals surface area (Å²) in [5.41, 5.74) is 0.169. The van der Waals surface area contributed by atoms with Crippen LogP contribution in [0.2, 0.25) is 0 Å². The van der Waals surface area contributed by atoms with E-state index in [1.807, 2.05) is 0 Å². The van der Waals surface area contributed by atoms with Crippen LogP contribution in [0.15, 0.2) is 0 Å². The zero-order valence-electron chi connectivity index (χ0n) is 13.4. The molecule has 4 nitrogen and oxygen atoms in total. The van der Waals surface area contributed by atoms with E-state index in [1.165, 1.54) is 0 Å². The van der Waals surface area contributed by atoms with Crippen molar-refractivity contribution in [2.45, 2.75) is 71.6 Å². The topological polar surface area (TPSA) is 50.4 Å². The van der Waals surface area contributed by atoms with Crippen LogP contribution in [-0.4, -0.2) is 37.2 Å². The summed E-state index contributed by atoms with van der Waals surface area (Å²) in [6.07, 6.45) is 4.31. The highest BCUT2D eigenvalue weighted by atomic mass is 16.5. The van der Waals surface area contributed by atoms with Crippen molar-refractivity contribution in [2.24, 2.45) is 11.3 Å². The van der Waals surface area contributed by atoms with Gasteiger partial charge in [0.25, 0.3) is 0 Å². The Morgan fingerprint density at radius 3 is 2.60 bits per heavy atom. The van der Waals surface area contributed by atoms with E-state index in [9.17, 15) is 4.79 Å². The zero-order chi connectivity index (χ0) is 14.8. The molecule has 116 valence electrons.